The number of anilines is 1. The summed E-state index contributed by atoms with van der Waals surface area (Å²) in [5.74, 6) is 0.495. The highest BCUT2D eigenvalue weighted by atomic mass is 35.5. The highest BCUT2D eigenvalue weighted by Gasteiger charge is 2.16. The lowest BCUT2D eigenvalue weighted by molar-refractivity contribution is 0.0774. The molecule has 0 aliphatic heterocycles. The fourth-order valence-electron chi connectivity index (χ4n) is 2.46. The van der Waals surface area contributed by atoms with Crippen LogP contribution in [-0.4, -0.2) is 39.4 Å². The number of thiophene rings is 1. The van der Waals surface area contributed by atoms with Gasteiger partial charge in [0, 0.05) is 23.3 Å². The van der Waals surface area contributed by atoms with Gasteiger partial charge in [0.05, 0.1) is 6.54 Å². The van der Waals surface area contributed by atoms with Crippen molar-refractivity contribution in [3.8, 4) is 5.75 Å². The summed E-state index contributed by atoms with van der Waals surface area (Å²) in [6.45, 7) is 0.733. The summed E-state index contributed by atoms with van der Waals surface area (Å²) in [6, 6.07) is 16.5. The van der Waals surface area contributed by atoms with Gasteiger partial charge >= 0.3 is 0 Å². The molecule has 152 valence electrons. The molecule has 29 heavy (non-hydrogen) atoms. The summed E-state index contributed by atoms with van der Waals surface area (Å²) in [6.07, 6.45) is 0. The average molecular weight is 451 g/mol. The first-order valence-electron chi connectivity index (χ1n) is 8.65. The smallest absolute Gasteiger partial charge is 0.271 e. The third-order valence-electron chi connectivity index (χ3n) is 4.00. The highest BCUT2D eigenvalue weighted by Crippen LogP contribution is 2.21. The van der Waals surface area contributed by atoms with Crippen molar-refractivity contribution in [3.05, 3.63) is 76.6 Å². The van der Waals surface area contributed by atoms with Gasteiger partial charge in [-0.15, -0.1) is 11.3 Å². The summed E-state index contributed by atoms with van der Waals surface area (Å²) in [5, 5.41) is 2.33. The van der Waals surface area contributed by atoms with Crippen LogP contribution in [0, 0.1) is 0 Å². The molecule has 1 aromatic heterocycles. The van der Waals surface area contributed by atoms with Gasteiger partial charge in [-0.3, -0.25) is 9.52 Å². The van der Waals surface area contributed by atoms with Crippen molar-refractivity contribution in [1.82, 2.24) is 4.90 Å². The van der Waals surface area contributed by atoms with Crippen molar-refractivity contribution in [2.24, 2.45) is 0 Å². The topological polar surface area (TPSA) is 75.7 Å². The number of hydrogen-bond donors (Lipinski definition) is 1. The van der Waals surface area contributed by atoms with Crippen molar-refractivity contribution in [2.75, 3.05) is 24.9 Å². The molecule has 3 rings (SSSR count). The Kier molecular flexibility index (Phi) is 6.79. The van der Waals surface area contributed by atoms with Gasteiger partial charge in [0.25, 0.3) is 15.9 Å². The van der Waals surface area contributed by atoms with Crippen LogP contribution in [0.3, 0.4) is 0 Å². The molecule has 1 amide bonds. The van der Waals surface area contributed by atoms with Gasteiger partial charge in [0.15, 0.2) is 0 Å². The molecule has 0 aliphatic carbocycles. The molecule has 0 saturated heterocycles. The number of carbonyl (C=O) groups excluding carboxylic acids is 1. The maximum absolute atomic E-state index is 12.5. The van der Waals surface area contributed by atoms with E-state index in [1.54, 1.807) is 71.9 Å². The Labute approximate surface area is 178 Å². The number of halogens is 1. The summed E-state index contributed by atoms with van der Waals surface area (Å²) >= 11 is 6.97. The summed E-state index contributed by atoms with van der Waals surface area (Å²) < 4.78 is 32.8. The SMILES string of the molecule is CN(CCOc1ccc(Cl)cc1)C(=O)c1ccc(NS(=O)(=O)c2cccs2)cc1. The van der Waals surface area contributed by atoms with Crippen LogP contribution in [0.1, 0.15) is 10.4 Å². The van der Waals surface area contributed by atoms with E-state index in [-0.39, 0.29) is 10.1 Å². The second-order valence-electron chi connectivity index (χ2n) is 6.14. The van der Waals surface area contributed by atoms with Crippen LogP contribution < -0.4 is 9.46 Å². The molecule has 2 aromatic carbocycles. The number of ether oxygens (including phenoxy) is 1. The number of benzene rings is 2. The minimum atomic E-state index is -3.61. The number of carbonyl (C=O) groups is 1. The minimum absolute atomic E-state index is 0.183. The number of nitrogens with zero attached hydrogens (tertiary/aromatic N) is 1. The number of likely N-dealkylation sites (N-methyl/N-ethyl adjacent to an activating group) is 1. The summed E-state index contributed by atoms with van der Waals surface area (Å²) in [5.41, 5.74) is 0.849. The quantitative estimate of drug-likeness (QED) is 0.553. The summed E-state index contributed by atoms with van der Waals surface area (Å²) in [4.78, 5) is 14.1. The van der Waals surface area contributed by atoms with Crippen LogP contribution in [0.5, 0.6) is 5.75 Å². The fraction of sp³-hybridized carbons (Fsp3) is 0.150. The van der Waals surface area contributed by atoms with Gasteiger partial charge in [0.2, 0.25) is 0 Å². The molecule has 0 bridgehead atoms. The van der Waals surface area contributed by atoms with E-state index in [1.165, 1.54) is 6.07 Å². The Balaban J connectivity index is 1.54. The van der Waals surface area contributed by atoms with Crippen LogP contribution in [0.15, 0.2) is 70.3 Å². The largest absolute Gasteiger partial charge is 0.492 e. The molecule has 0 spiro atoms. The zero-order valence-corrected chi connectivity index (χ0v) is 17.9. The van der Waals surface area contributed by atoms with E-state index in [4.69, 9.17) is 16.3 Å². The zero-order chi connectivity index (χ0) is 20.9. The van der Waals surface area contributed by atoms with Crippen molar-refractivity contribution in [3.63, 3.8) is 0 Å². The van der Waals surface area contributed by atoms with Gasteiger partial charge in [0.1, 0.15) is 16.6 Å². The van der Waals surface area contributed by atoms with Gasteiger partial charge in [-0.2, -0.15) is 0 Å². The van der Waals surface area contributed by atoms with E-state index >= 15 is 0 Å². The molecule has 0 fully saturated rings. The van der Waals surface area contributed by atoms with Gasteiger partial charge in [-0.05, 0) is 60.0 Å². The van der Waals surface area contributed by atoms with E-state index in [0.29, 0.717) is 35.2 Å². The average Bonchev–Trinajstić information content (AvgIpc) is 3.25. The second-order valence-corrected chi connectivity index (χ2v) is 9.44. The van der Waals surface area contributed by atoms with Crippen LogP contribution in [-0.2, 0) is 10.0 Å². The van der Waals surface area contributed by atoms with E-state index in [9.17, 15) is 13.2 Å². The number of sulfonamides is 1. The normalized spacial score (nSPS) is 11.1. The molecule has 3 aromatic rings. The van der Waals surface area contributed by atoms with E-state index in [2.05, 4.69) is 4.72 Å². The Morgan fingerprint density at radius 3 is 2.41 bits per heavy atom. The molecule has 0 unspecified atom stereocenters. The summed E-state index contributed by atoms with van der Waals surface area (Å²) in [7, 11) is -1.93. The number of hydrogen-bond acceptors (Lipinski definition) is 5. The minimum Gasteiger partial charge on any atom is -0.492 e. The maximum atomic E-state index is 12.5. The number of amides is 1. The lowest BCUT2D eigenvalue weighted by atomic mass is 10.2. The van der Waals surface area contributed by atoms with Crippen molar-refractivity contribution < 1.29 is 17.9 Å². The van der Waals surface area contributed by atoms with Crippen LogP contribution in [0.2, 0.25) is 5.02 Å². The first-order valence-corrected chi connectivity index (χ1v) is 11.4. The van der Waals surface area contributed by atoms with Crippen LogP contribution in [0.4, 0.5) is 5.69 Å². The Morgan fingerprint density at radius 2 is 1.79 bits per heavy atom. The Morgan fingerprint density at radius 1 is 1.10 bits per heavy atom. The molecule has 0 atom stereocenters. The Bertz CT molecular complexity index is 1050. The van der Waals surface area contributed by atoms with E-state index in [1.807, 2.05) is 0 Å². The van der Waals surface area contributed by atoms with Crippen LogP contribution in [0.25, 0.3) is 0 Å². The molecular weight excluding hydrogens is 432 g/mol. The third kappa shape index (κ3) is 5.72. The lowest BCUT2D eigenvalue weighted by Gasteiger charge is -2.18. The van der Waals surface area contributed by atoms with Crippen LogP contribution >= 0.6 is 22.9 Å². The third-order valence-corrected chi connectivity index (χ3v) is 7.03. The van der Waals surface area contributed by atoms with E-state index in [0.717, 1.165) is 11.3 Å². The van der Waals surface area contributed by atoms with Crippen molar-refractivity contribution >= 4 is 44.6 Å². The standard InChI is InChI=1S/C20H19ClN2O4S2/c1-23(12-13-27-18-10-6-16(21)7-11-18)20(24)15-4-8-17(9-5-15)22-29(25,26)19-3-2-14-28-19/h2-11,14,22H,12-13H2,1H3. The van der Waals surface area contributed by atoms with Gasteiger partial charge in [-0.25, -0.2) is 8.42 Å². The Hall–Kier alpha value is -2.55. The molecule has 6 nitrogen and oxygen atoms in total. The van der Waals surface area contributed by atoms with Crippen molar-refractivity contribution in [2.45, 2.75) is 4.21 Å². The molecule has 1 heterocycles. The first-order chi connectivity index (χ1) is 13.8. The molecule has 1 N–H and O–H groups in total. The molecule has 9 heteroatoms. The molecule has 0 saturated carbocycles. The first kappa shape index (κ1) is 21.2. The second kappa shape index (κ2) is 9.30. The van der Waals surface area contributed by atoms with Crippen molar-refractivity contribution in [1.29, 1.82) is 0 Å². The molecule has 0 radical (unpaired) electrons. The predicted molar refractivity (Wildman–Crippen MR) is 115 cm³/mol. The lowest BCUT2D eigenvalue weighted by Crippen LogP contribution is -2.30. The number of rotatable bonds is 8. The molecule has 0 aliphatic rings. The van der Waals surface area contributed by atoms with Gasteiger partial charge < -0.3 is 9.64 Å². The van der Waals surface area contributed by atoms with E-state index < -0.39 is 10.0 Å². The predicted octanol–water partition coefficient (Wildman–Crippen LogP) is 4.35. The zero-order valence-electron chi connectivity index (χ0n) is 15.5. The fourth-order valence-corrected chi connectivity index (χ4v) is 4.63. The number of nitrogens with one attached hydrogen (secondary N) is 1. The molecular formula is C20H19ClN2O4S2. The monoisotopic (exact) mass is 450 g/mol. The maximum Gasteiger partial charge on any atom is 0.271 e. The highest BCUT2D eigenvalue weighted by molar-refractivity contribution is 7.94. The van der Waals surface area contributed by atoms with Gasteiger partial charge in [-0.1, -0.05) is 17.7 Å².